The van der Waals surface area contributed by atoms with Crippen LogP contribution in [-0.2, 0) is 9.59 Å². The molecule has 1 aliphatic heterocycles. The summed E-state index contributed by atoms with van der Waals surface area (Å²) >= 11 is 0. The molecule has 1 atom stereocenters. The van der Waals surface area contributed by atoms with Crippen LogP contribution in [0, 0.1) is 13.8 Å². The molecular weight excluding hydrogens is 270 g/mol. The number of amides is 2. The molecule has 0 spiro atoms. The second kappa shape index (κ2) is 5.01. The van der Waals surface area contributed by atoms with E-state index in [1.165, 1.54) is 11.0 Å². The van der Waals surface area contributed by atoms with Crippen LogP contribution in [-0.4, -0.2) is 26.6 Å². The first-order valence-corrected chi connectivity index (χ1v) is 6.62. The van der Waals surface area contributed by atoms with Crippen molar-refractivity contribution < 1.29 is 9.59 Å². The largest absolute Gasteiger partial charge is 0.324 e. The lowest BCUT2D eigenvalue weighted by atomic mass is 10.1. The molecule has 1 aliphatic rings. The summed E-state index contributed by atoms with van der Waals surface area (Å²) in [5, 5.41) is 9.40. The first-order chi connectivity index (χ1) is 10.0. The fraction of sp³-hybridized carbons (Fsp3) is 0.286. The number of nitrogens with one attached hydrogen (secondary N) is 2. The Balaban J connectivity index is 1.83. The van der Waals surface area contributed by atoms with Gasteiger partial charge in [-0.25, -0.2) is 4.68 Å². The molecule has 7 heteroatoms. The molecule has 0 unspecified atom stereocenters. The van der Waals surface area contributed by atoms with Gasteiger partial charge in [-0.3, -0.25) is 14.9 Å². The van der Waals surface area contributed by atoms with Crippen LogP contribution in [0.15, 0.2) is 24.5 Å². The smallest absolute Gasteiger partial charge is 0.249 e. The maximum Gasteiger partial charge on any atom is 0.249 e. The van der Waals surface area contributed by atoms with E-state index in [-0.39, 0.29) is 18.2 Å². The first kappa shape index (κ1) is 13.3. The molecule has 0 saturated heterocycles. The molecule has 0 bridgehead atoms. The van der Waals surface area contributed by atoms with Gasteiger partial charge in [-0.15, -0.1) is 0 Å². The number of carbonyl (C=O) groups excluding carboxylic acids is 2. The number of hydrogen-bond donors (Lipinski definition) is 2. The van der Waals surface area contributed by atoms with E-state index in [0.717, 1.165) is 11.1 Å². The van der Waals surface area contributed by atoms with E-state index in [1.54, 1.807) is 0 Å². The number of aryl methyl sites for hydroxylation is 2. The van der Waals surface area contributed by atoms with E-state index in [1.807, 2.05) is 32.0 Å². The van der Waals surface area contributed by atoms with E-state index in [0.29, 0.717) is 11.6 Å². The van der Waals surface area contributed by atoms with Crippen LogP contribution in [0.25, 0.3) is 0 Å². The number of rotatable bonds is 2. The van der Waals surface area contributed by atoms with Gasteiger partial charge < -0.3 is 5.32 Å². The molecule has 2 heterocycles. The van der Waals surface area contributed by atoms with Crippen molar-refractivity contribution in [2.45, 2.75) is 26.3 Å². The summed E-state index contributed by atoms with van der Waals surface area (Å²) in [6, 6.07) is 5.00. The Kier molecular flexibility index (Phi) is 3.17. The van der Waals surface area contributed by atoms with E-state index >= 15 is 0 Å². The molecule has 7 nitrogen and oxygen atoms in total. The van der Waals surface area contributed by atoms with E-state index in [2.05, 4.69) is 20.7 Å². The molecule has 0 aliphatic carbocycles. The highest BCUT2D eigenvalue weighted by molar-refractivity contribution is 6.00. The Morgan fingerprint density at radius 2 is 2.19 bits per heavy atom. The van der Waals surface area contributed by atoms with Crippen molar-refractivity contribution in [3.05, 3.63) is 35.7 Å². The molecule has 1 aromatic heterocycles. The van der Waals surface area contributed by atoms with Crippen molar-refractivity contribution in [1.29, 1.82) is 0 Å². The number of hydrogen-bond acceptors (Lipinski definition) is 4. The van der Waals surface area contributed by atoms with Gasteiger partial charge in [0.25, 0.3) is 0 Å². The topological polar surface area (TPSA) is 88.9 Å². The fourth-order valence-corrected chi connectivity index (χ4v) is 2.25. The number of aromatic nitrogens is 3. The molecule has 0 radical (unpaired) electrons. The Hall–Kier alpha value is -2.70. The van der Waals surface area contributed by atoms with Crippen LogP contribution >= 0.6 is 0 Å². The monoisotopic (exact) mass is 285 g/mol. The van der Waals surface area contributed by atoms with Crippen LogP contribution in [0.2, 0.25) is 0 Å². The minimum atomic E-state index is -0.683. The number of nitrogens with zero attached hydrogens (tertiary/aromatic N) is 3. The molecule has 0 fully saturated rings. The summed E-state index contributed by atoms with van der Waals surface area (Å²) in [5.41, 5.74) is 2.95. The normalized spacial score (nSPS) is 17.0. The SMILES string of the molecule is Cc1ccc(NC(=O)[C@H]2CC(=O)Nc3ncnn32)cc1C. The number of carbonyl (C=O) groups is 2. The van der Waals surface area contributed by atoms with Crippen LogP contribution in [0.5, 0.6) is 0 Å². The quantitative estimate of drug-likeness (QED) is 0.873. The van der Waals surface area contributed by atoms with Crippen LogP contribution < -0.4 is 10.6 Å². The molecule has 0 saturated carbocycles. The lowest BCUT2D eigenvalue weighted by Crippen LogP contribution is -2.36. The zero-order chi connectivity index (χ0) is 15.0. The van der Waals surface area contributed by atoms with Crippen molar-refractivity contribution in [2.24, 2.45) is 0 Å². The van der Waals surface area contributed by atoms with Gasteiger partial charge in [0, 0.05) is 5.69 Å². The molecule has 1 aromatic carbocycles. The minimum Gasteiger partial charge on any atom is -0.324 e. The summed E-state index contributed by atoms with van der Waals surface area (Å²) in [7, 11) is 0. The third kappa shape index (κ3) is 2.49. The van der Waals surface area contributed by atoms with Gasteiger partial charge in [-0.2, -0.15) is 10.1 Å². The Morgan fingerprint density at radius 1 is 1.38 bits per heavy atom. The van der Waals surface area contributed by atoms with Gasteiger partial charge in [0.2, 0.25) is 17.8 Å². The molecule has 3 rings (SSSR count). The summed E-state index contributed by atoms with van der Waals surface area (Å²) in [4.78, 5) is 27.9. The molecule has 108 valence electrons. The summed E-state index contributed by atoms with van der Waals surface area (Å²) < 4.78 is 1.43. The van der Waals surface area contributed by atoms with Crippen molar-refractivity contribution in [2.75, 3.05) is 10.6 Å². The third-order valence-electron chi connectivity index (χ3n) is 3.58. The molecule has 21 heavy (non-hydrogen) atoms. The molecular formula is C14H15N5O2. The second-order valence-electron chi connectivity index (χ2n) is 5.08. The van der Waals surface area contributed by atoms with Crippen molar-refractivity contribution >= 4 is 23.5 Å². The number of anilines is 2. The minimum absolute atomic E-state index is 0.0486. The molecule has 2 N–H and O–H groups in total. The zero-order valence-corrected chi connectivity index (χ0v) is 11.8. The second-order valence-corrected chi connectivity index (χ2v) is 5.08. The number of benzene rings is 1. The van der Waals surface area contributed by atoms with E-state index in [9.17, 15) is 9.59 Å². The summed E-state index contributed by atoms with van der Waals surface area (Å²) in [5.74, 6) is -0.220. The maximum absolute atomic E-state index is 12.4. The summed E-state index contributed by atoms with van der Waals surface area (Å²) in [6.07, 6.45) is 1.37. The van der Waals surface area contributed by atoms with Gasteiger partial charge in [-0.1, -0.05) is 6.07 Å². The van der Waals surface area contributed by atoms with Crippen LogP contribution in [0.3, 0.4) is 0 Å². The predicted octanol–water partition coefficient (Wildman–Crippen LogP) is 1.42. The van der Waals surface area contributed by atoms with Gasteiger partial charge in [0.05, 0.1) is 6.42 Å². The Labute approximate surface area is 121 Å². The van der Waals surface area contributed by atoms with E-state index in [4.69, 9.17) is 0 Å². The van der Waals surface area contributed by atoms with Crippen molar-refractivity contribution in [3.8, 4) is 0 Å². The van der Waals surface area contributed by atoms with Gasteiger partial charge >= 0.3 is 0 Å². The average molecular weight is 285 g/mol. The van der Waals surface area contributed by atoms with Crippen LogP contribution in [0.4, 0.5) is 11.6 Å². The Bertz CT molecular complexity index is 722. The highest BCUT2D eigenvalue weighted by Crippen LogP contribution is 2.23. The highest BCUT2D eigenvalue weighted by Gasteiger charge is 2.31. The average Bonchev–Trinajstić information content (AvgIpc) is 2.90. The summed E-state index contributed by atoms with van der Waals surface area (Å²) in [6.45, 7) is 3.99. The standard InChI is InChI=1S/C14H15N5O2/c1-8-3-4-10(5-9(8)2)17-13(21)11-6-12(20)18-14-15-7-16-19(11)14/h3-5,7,11H,6H2,1-2H3,(H,17,21)(H,15,16,18,20)/t11-/m1/s1. The predicted molar refractivity (Wildman–Crippen MR) is 76.9 cm³/mol. The first-order valence-electron chi connectivity index (χ1n) is 6.62. The number of fused-ring (bicyclic) bond motifs is 1. The highest BCUT2D eigenvalue weighted by atomic mass is 16.2. The lowest BCUT2D eigenvalue weighted by molar-refractivity contribution is -0.125. The zero-order valence-electron chi connectivity index (χ0n) is 11.8. The molecule has 2 aromatic rings. The third-order valence-corrected chi connectivity index (χ3v) is 3.58. The fourth-order valence-electron chi connectivity index (χ4n) is 2.25. The van der Waals surface area contributed by atoms with Crippen LogP contribution in [0.1, 0.15) is 23.6 Å². The van der Waals surface area contributed by atoms with Crippen molar-refractivity contribution in [3.63, 3.8) is 0 Å². The Morgan fingerprint density at radius 3 is 2.95 bits per heavy atom. The maximum atomic E-state index is 12.4. The molecule has 2 amide bonds. The van der Waals surface area contributed by atoms with Gasteiger partial charge in [-0.05, 0) is 37.1 Å². The van der Waals surface area contributed by atoms with Gasteiger partial charge in [0.15, 0.2) is 0 Å². The van der Waals surface area contributed by atoms with Crippen molar-refractivity contribution in [1.82, 2.24) is 14.8 Å². The van der Waals surface area contributed by atoms with E-state index < -0.39 is 6.04 Å². The van der Waals surface area contributed by atoms with Gasteiger partial charge in [0.1, 0.15) is 12.4 Å². The lowest BCUT2D eigenvalue weighted by Gasteiger charge is -2.22.